The van der Waals surface area contributed by atoms with Crippen molar-refractivity contribution in [3.63, 3.8) is 0 Å². The van der Waals surface area contributed by atoms with Crippen LogP contribution in [0.3, 0.4) is 0 Å². The molecule has 3 aliphatic heterocycles. The minimum atomic E-state index is -2.15. The molecule has 0 spiro atoms. The van der Waals surface area contributed by atoms with Gasteiger partial charge in [0.05, 0.1) is 60.9 Å². The summed E-state index contributed by atoms with van der Waals surface area (Å²) in [4.78, 5) is 21.1. The number of amides is 1. The van der Waals surface area contributed by atoms with Gasteiger partial charge in [-0.15, -0.1) is 0 Å². The van der Waals surface area contributed by atoms with Gasteiger partial charge in [-0.05, 0) is 93.2 Å². The predicted molar refractivity (Wildman–Crippen MR) is 202 cm³/mol. The summed E-state index contributed by atoms with van der Waals surface area (Å²) in [6.07, 6.45) is 2.94. The number of pyridine rings is 1. The molecule has 2 aliphatic carbocycles. The van der Waals surface area contributed by atoms with E-state index in [4.69, 9.17) is 35.7 Å². The van der Waals surface area contributed by atoms with E-state index in [1.807, 2.05) is 37.1 Å². The van der Waals surface area contributed by atoms with Crippen molar-refractivity contribution < 1.29 is 16.7 Å². The van der Waals surface area contributed by atoms with Crippen molar-refractivity contribution in [2.24, 2.45) is 11.8 Å². The molecule has 5 aromatic rings. The zero-order chi connectivity index (χ0) is 37.8. The Bertz CT molecular complexity index is 2400. The molecular weight excluding hydrogens is 718 g/mol. The Labute approximate surface area is 318 Å². The Balaban J connectivity index is 1.26. The van der Waals surface area contributed by atoms with Crippen LogP contribution in [0.2, 0.25) is 10.0 Å². The molecule has 1 N–H and O–H groups in total. The van der Waals surface area contributed by atoms with Gasteiger partial charge in [-0.3, -0.25) is 4.79 Å². The second kappa shape index (κ2) is 13.1. The molecule has 2 aromatic carbocycles. The van der Waals surface area contributed by atoms with E-state index in [0.717, 1.165) is 48.0 Å². The van der Waals surface area contributed by atoms with Gasteiger partial charge in [0.2, 0.25) is 5.91 Å². The van der Waals surface area contributed by atoms with Crippen molar-refractivity contribution >= 4 is 62.4 Å². The molecule has 5 aliphatic rings. The van der Waals surface area contributed by atoms with Gasteiger partial charge in [-0.2, -0.15) is 9.64 Å². The fourth-order valence-electron chi connectivity index (χ4n) is 8.91. The van der Waals surface area contributed by atoms with Gasteiger partial charge < -0.3 is 19.5 Å². The van der Waals surface area contributed by atoms with Gasteiger partial charge in [0.1, 0.15) is 5.52 Å². The lowest BCUT2D eigenvalue weighted by atomic mass is 9.79. The number of nitriles is 1. The number of aromatic nitrogens is 3. The van der Waals surface area contributed by atoms with Crippen LogP contribution in [-0.4, -0.2) is 49.5 Å². The first-order chi connectivity index (χ1) is 25.9. The van der Waals surface area contributed by atoms with E-state index in [1.54, 1.807) is 18.2 Å². The zero-order valence-electron chi connectivity index (χ0n) is 31.1. The molecule has 8 nitrogen and oxygen atoms in total. The van der Waals surface area contributed by atoms with Crippen molar-refractivity contribution in [3.8, 4) is 17.2 Å². The third-order valence-corrected chi connectivity index (χ3v) is 13.3. The van der Waals surface area contributed by atoms with Crippen molar-refractivity contribution in [1.29, 1.82) is 5.26 Å². The molecule has 6 atom stereocenters. The van der Waals surface area contributed by atoms with E-state index in [9.17, 15) is 10.1 Å². The summed E-state index contributed by atoms with van der Waals surface area (Å²) in [5.74, 6) is -0.182. The third kappa shape index (κ3) is 5.38. The van der Waals surface area contributed by atoms with Gasteiger partial charge in [-0.25, -0.2) is 9.37 Å². The maximum Gasteiger partial charge on any atom is 0.226 e. The van der Waals surface area contributed by atoms with Crippen LogP contribution in [0.15, 0.2) is 35.7 Å². The monoisotopic (exact) mass is 758 g/mol. The fraction of sp³-hybridized carbons (Fsp3) is 0.450. The number of hydrogen-bond acceptors (Lipinski definition) is 7. The third-order valence-electron chi connectivity index (χ3n) is 11.8. The normalized spacial score (nSPS) is 26.1. The average Bonchev–Trinajstić information content (AvgIpc) is 3.51. The van der Waals surface area contributed by atoms with E-state index in [2.05, 4.69) is 26.4 Å². The van der Waals surface area contributed by atoms with E-state index in [1.165, 1.54) is 11.5 Å². The maximum absolute atomic E-state index is 17.3. The number of nitrogens with one attached hydrogen (secondary N) is 1. The van der Waals surface area contributed by atoms with Crippen molar-refractivity contribution in [3.05, 3.63) is 79.8 Å². The highest BCUT2D eigenvalue weighted by molar-refractivity contribution is 7.03. The highest BCUT2D eigenvalue weighted by atomic mass is 35.5. The number of ether oxygens (including phenoxy) is 1. The number of fused-ring (bicyclic) bond motifs is 4. The van der Waals surface area contributed by atoms with Crippen LogP contribution < -0.4 is 5.32 Å². The molecule has 5 fully saturated rings. The summed E-state index contributed by atoms with van der Waals surface area (Å²) in [6, 6.07) is 10.9. The summed E-state index contributed by atoms with van der Waals surface area (Å²) in [5.41, 5.74) is 4.98. The van der Waals surface area contributed by atoms with Gasteiger partial charge >= 0.3 is 0 Å². The van der Waals surface area contributed by atoms with E-state index >= 15 is 4.39 Å². The lowest BCUT2D eigenvalue weighted by molar-refractivity contribution is -0.136. The van der Waals surface area contributed by atoms with Crippen LogP contribution in [0.5, 0.6) is 0 Å². The molecule has 6 unspecified atom stereocenters. The number of carbonyl (C=O) groups excluding carboxylic acids is 1. The highest BCUT2D eigenvalue weighted by Crippen LogP contribution is 2.52. The van der Waals surface area contributed by atoms with Crippen LogP contribution >= 0.6 is 34.7 Å². The number of likely N-dealkylation sites (tertiary alicyclic amines) is 1. The van der Waals surface area contributed by atoms with E-state index in [0.29, 0.717) is 46.0 Å². The Hall–Kier alpha value is -3.59. The van der Waals surface area contributed by atoms with Crippen LogP contribution in [0.1, 0.15) is 82.1 Å². The topological polar surface area (TPSA) is 96.1 Å². The number of halogens is 3. The summed E-state index contributed by atoms with van der Waals surface area (Å²) in [5, 5.41) is 17.2. The molecule has 268 valence electrons. The molecule has 3 saturated heterocycles. The summed E-state index contributed by atoms with van der Waals surface area (Å²) in [7, 11) is 0. The first-order valence-corrected chi connectivity index (χ1v) is 19.6. The van der Waals surface area contributed by atoms with Gasteiger partial charge in [0.25, 0.3) is 0 Å². The summed E-state index contributed by atoms with van der Waals surface area (Å²) < 4.78 is 48.1. The number of aryl methyl sites for hydroxylation is 3. The SMILES string of the molecule is [2H]C([2H])(OC1CC(c2cc3c(C)nc4c(F)c(-c5cccc(Cl)c5Cl)c(CCC#N)cc4c3n2C2C3CNC2C3)N(C(=O)C2CC2)C1C)c1nscc1C. The van der Waals surface area contributed by atoms with Crippen LogP contribution in [0.4, 0.5) is 4.39 Å². The Morgan fingerprint density at radius 2 is 2.06 bits per heavy atom. The van der Waals surface area contributed by atoms with Crippen LogP contribution in [0, 0.1) is 42.8 Å². The van der Waals surface area contributed by atoms with Crippen molar-refractivity contribution in [2.45, 2.75) is 96.1 Å². The lowest BCUT2D eigenvalue weighted by Crippen LogP contribution is -2.43. The van der Waals surface area contributed by atoms with Gasteiger partial charge in [0, 0.05) is 70.0 Å². The smallest absolute Gasteiger partial charge is 0.226 e. The minimum absolute atomic E-state index is 0.0584. The predicted octanol–water partition coefficient (Wildman–Crippen LogP) is 9.02. The van der Waals surface area contributed by atoms with E-state index in [-0.39, 0.29) is 52.1 Å². The Morgan fingerprint density at radius 3 is 2.75 bits per heavy atom. The Kier molecular flexibility index (Phi) is 8.01. The molecule has 3 aromatic heterocycles. The fourth-order valence-corrected chi connectivity index (χ4v) is 9.92. The second-order valence-electron chi connectivity index (χ2n) is 14.9. The van der Waals surface area contributed by atoms with Crippen molar-refractivity contribution in [2.75, 3.05) is 6.54 Å². The standard InChI is InChI=1S/C40H39Cl2FN6O2S/c1-19-18-52-47-30(19)17-51-33-15-32(48(21(33)3)40(50)22-9-10-22)31-14-26-20(2)46-37-27(39(26)49(31)38-24-13-29(38)45-16-24)12-23(6-5-11-44)34(36(37)43)25-7-4-8-28(41)35(25)42/h4,7-8,12,14,18,21-22,24,29,32-33,38,45H,5-6,9-10,13,15-17H2,1-3H3/i17D2. The van der Waals surface area contributed by atoms with Crippen LogP contribution in [-0.2, 0) is 22.5 Å². The van der Waals surface area contributed by atoms with Crippen LogP contribution in [0.25, 0.3) is 32.9 Å². The number of hydrogen-bond donors (Lipinski definition) is 1. The number of carbonyl (C=O) groups is 1. The Morgan fingerprint density at radius 1 is 1.23 bits per heavy atom. The average molecular weight is 760 g/mol. The van der Waals surface area contributed by atoms with Gasteiger partial charge in [0.15, 0.2) is 5.82 Å². The highest BCUT2D eigenvalue weighted by Gasteiger charge is 2.52. The molecule has 2 bridgehead atoms. The first-order valence-electron chi connectivity index (χ1n) is 19.0. The molecule has 52 heavy (non-hydrogen) atoms. The molecular formula is C40H39Cl2FN6O2S. The lowest BCUT2D eigenvalue weighted by Gasteiger charge is -2.39. The summed E-state index contributed by atoms with van der Waals surface area (Å²) >= 11 is 14.3. The van der Waals surface area contributed by atoms with E-state index < -0.39 is 30.6 Å². The maximum atomic E-state index is 17.3. The number of rotatable bonds is 9. The molecule has 6 heterocycles. The first kappa shape index (κ1) is 31.9. The summed E-state index contributed by atoms with van der Waals surface area (Å²) in [6.45, 7) is 4.39. The zero-order valence-corrected chi connectivity index (χ0v) is 31.4. The number of benzene rings is 2. The quantitative estimate of drug-likeness (QED) is 0.161. The molecule has 1 amide bonds. The minimum Gasteiger partial charge on any atom is -0.370 e. The number of nitrogens with zero attached hydrogens (tertiary/aromatic N) is 5. The largest absolute Gasteiger partial charge is 0.370 e. The molecule has 12 heteroatoms. The second-order valence-corrected chi connectivity index (χ2v) is 16.3. The molecule has 2 saturated carbocycles. The molecule has 0 radical (unpaired) electrons. The van der Waals surface area contributed by atoms with Gasteiger partial charge in [-0.1, -0.05) is 35.3 Å². The molecule has 10 rings (SSSR count). The van der Waals surface area contributed by atoms with Crippen molar-refractivity contribution in [1.82, 2.24) is 24.1 Å².